The van der Waals surface area contributed by atoms with E-state index >= 15 is 0 Å². The highest BCUT2D eigenvalue weighted by atomic mass is 35.5. The average molecular weight is 368 g/mol. The Bertz CT molecular complexity index is 927. The third-order valence-electron chi connectivity index (χ3n) is 5.80. The van der Waals surface area contributed by atoms with Crippen LogP contribution in [0.5, 0.6) is 0 Å². The van der Waals surface area contributed by atoms with Crippen LogP contribution in [0.2, 0.25) is 5.02 Å². The van der Waals surface area contributed by atoms with Crippen LogP contribution in [0.1, 0.15) is 29.4 Å². The number of fused-ring (bicyclic) bond motifs is 3. The van der Waals surface area contributed by atoms with E-state index in [1.807, 2.05) is 19.2 Å². The molecule has 3 nitrogen and oxygen atoms in total. The number of halogens is 1. The predicted octanol–water partition coefficient (Wildman–Crippen LogP) is 4.66. The maximum Gasteiger partial charge on any atom is 0.0486 e. The Kier molecular flexibility index (Phi) is 4.76. The van der Waals surface area contributed by atoms with Crippen LogP contribution in [0.25, 0.3) is 10.9 Å². The number of hydrogen-bond donors (Lipinski definition) is 0. The summed E-state index contributed by atoms with van der Waals surface area (Å²) in [6.45, 7) is 6.44. The molecule has 0 aliphatic carbocycles. The first-order chi connectivity index (χ1) is 12.5. The van der Waals surface area contributed by atoms with E-state index in [4.69, 9.17) is 11.6 Å². The molecule has 0 saturated carbocycles. The van der Waals surface area contributed by atoms with Gasteiger partial charge in [-0.05, 0) is 69.1 Å². The zero-order chi connectivity index (χ0) is 18.3. The smallest absolute Gasteiger partial charge is 0.0486 e. The van der Waals surface area contributed by atoms with Crippen LogP contribution in [-0.2, 0) is 25.8 Å². The Balaban J connectivity index is 1.74. The molecule has 3 heterocycles. The highest BCUT2D eigenvalue weighted by Crippen LogP contribution is 2.32. The van der Waals surface area contributed by atoms with E-state index in [1.54, 1.807) is 0 Å². The number of likely N-dealkylation sites (N-methyl/N-ethyl adjacent to an activating group) is 1. The van der Waals surface area contributed by atoms with E-state index in [1.165, 1.54) is 27.7 Å². The van der Waals surface area contributed by atoms with Crippen molar-refractivity contribution < 1.29 is 0 Å². The van der Waals surface area contributed by atoms with Gasteiger partial charge in [0.1, 0.15) is 0 Å². The molecule has 1 aliphatic heterocycles. The van der Waals surface area contributed by atoms with Gasteiger partial charge in [-0.2, -0.15) is 0 Å². The zero-order valence-electron chi connectivity index (χ0n) is 15.8. The maximum absolute atomic E-state index is 6.34. The van der Waals surface area contributed by atoms with Crippen molar-refractivity contribution in [3.63, 3.8) is 0 Å². The average Bonchev–Trinajstić information content (AvgIpc) is 2.82. The SMILES string of the molecule is Cc1ccc(CCn2c3c(c4cc(Cl)ccc42)CC(C)N(C)CC3)cn1. The molecular formula is C22H26ClN3. The molecule has 1 aromatic carbocycles. The highest BCUT2D eigenvalue weighted by molar-refractivity contribution is 6.31. The topological polar surface area (TPSA) is 21.1 Å². The molecule has 4 rings (SSSR count). The number of pyridine rings is 1. The number of rotatable bonds is 3. The second kappa shape index (κ2) is 7.05. The fourth-order valence-corrected chi connectivity index (χ4v) is 4.23. The molecule has 0 saturated heterocycles. The van der Waals surface area contributed by atoms with Gasteiger partial charge < -0.3 is 9.47 Å². The quantitative estimate of drug-likeness (QED) is 0.671. The standard InChI is InChI=1S/C22H26ClN3/c1-15-4-5-17(14-24-15)8-11-26-21-7-6-18(23)13-20(21)19-12-16(2)25(3)10-9-22(19)26/h4-7,13-14,16H,8-12H2,1-3H3. The van der Waals surface area contributed by atoms with Gasteiger partial charge in [-0.1, -0.05) is 17.7 Å². The first-order valence-electron chi connectivity index (χ1n) is 9.44. The summed E-state index contributed by atoms with van der Waals surface area (Å²) >= 11 is 6.34. The van der Waals surface area contributed by atoms with E-state index in [0.717, 1.165) is 43.1 Å². The second-order valence-electron chi connectivity index (χ2n) is 7.58. The third kappa shape index (κ3) is 3.26. The van der Waals surface area contributed by atoms with Gasteiger partial charge in [0.15, 0.2) is 0 Å². The van der Waals surface area contributed by atoms with E-state index in [9.17, 15) is 0 Å². The Morgan fingerprint density at radius 2 is 2.08 bits per heavy atom. The van der Waals surface area contributed by atoms with Crippen LogP contribution in [0.3, 0.4) is 0 Å². The lowest BCUT2D eigenvalue weighted by molar-refractivity contribution is 0.267. The first kappa shape index (κ1) is 17.6. The Hall–Kier alpha value is -1.84. The van der Waals surface area contributed by atoms with Gasteiger partial charge >= 0.3 is 0 Å². The van der Waals surface area contributed by atoms with Crippen LogP contribution >= 0.6 is 11.6 Å². The molecule has 4 heteroatoms. The van der Waals surface area contributed by atoms with Crippen molar-refractivity contribution in [2.75, 3.05) is 13.6 Å². The van der Waals surface area contributed by atoms with E-state index in [-0.39, 0.29) is 0 Å². The minimum atomic E-state index is 0.551. The van der Waals surface area contributed by atoms with Gasteiger partial charge in [0.05, 0.1) is 0 Å². The van der Waals surface area contributed by atoms with Gasteiger partial charge in [0, 0.05) is 59.1 Å². The third-order valence-corrected chi connectivity index (χ3v) is 6.03. The Morgan fingerprint density at radius 3 is 2.85 bits per heavy atom. The van der Waals surface area contributed by atoms with E-state index in [2.05, 4.69) is 52.7 Å². The lowest BCUT2D eigenvalue weighted by Crippen LogP contribution is -2.30. The number of benzene rings is 1. The molecule has 1 atom stereocenters. The van der Waals surface area contributed by atoms with Gasteiger partial charge in [0.2, 0.25) is 0 Å². The molecule has 0 radical (unpaired) electrons. The van der Waals surface area contributed by atoms with Gasteiger partial charge in [-0.15, -0.1) is 0 Å². The number of nitrogens with zero attached hydrogens (tertiary/aromatic N) is 3. The lowest BCUT2D eigenvalue weighted by Gasteiger charge is -2.21. The van der Waals surface area contributed by atoms with Crippen molar-refractivity contribution in [1.82, 2.24) is 14.5 Å². The van der Waals surface area contributed by atoms with Gasteiger partial charge in [-0.3, -0.25) is 4.98 Å². The van der Waals surface area contributed by atoms with Crippen LogP contribution in [0, 0.1) is 6.92 Å². The molecule has 26 heavy (non-hydrogen) atoms. The lowest BCUT2D eigenvalue weighted by atomic mass is 10.0. The summed E-state index contributed by atoms with van der Waals surface area (Å²) in [6.07, 6.45) is 5.18. The van der Waals surface area contributed by atoms with Crippen LogP contribution < -0.4 is 0 Å². The number of aryl methyl sites for hydroxylation is 3. The summed E-state index contributed by atoms with van der Waals surface area (Å²) in [6, 6.07) is 11.2. The number of aromatic nitrogens is 2. The Morgan fingerprint density at radius 1 is 1.23 bits per heavy atom. The molecule has 0 spiro atoms. The Labute approximate surface area is 160 Å². The molecule has 3 aromatic rings. The van der Waals surface area contributed by atoms with Crippen LogP contribution in [-0.4, -0.2) is 34.1 Å². The molecule has 1 unspecified atom stereocenters. The summed E-state index contributed by atoms with van der Waals surface area (Å²) < 4.78 is 2.52. The molecular weight excluding hydrogens is 342 g/mol. The van der Waals surface area contributed by atoms with Crippen molar-refractivity contribution in [3.8, 4) is 0 Å². The molecule has 0 amide bonds. The molecule has 1 aliphatic rings. The molecule has 0 fully saturated rings. The maximum atomic E-state index is 6.34. The summed E-state index contributed by atoms with van der Waals surface area (Å²) in [5.74, 6) is 0. The predicted molar refractivity (Wildman–Crippen MR) is 109 cm³/mol. The fourth-order valence-electron chi connectivity index (χ4n) is 4.06. The largest absolute Gasteiger partial charge is 0.344 e. The summed E-state index contributed by atoms with van der Waals surface area (Å²) in [5, 5.41) is 2.15. The van der Waals surface area contributed by atoms with Crippen molar-refractivity contribution >= 4 is 22.5 Å². The highest BCUT2D eigenvalue weighted by Gasteiger charge is 2.24. The van der Waals surface area contributed by atoms with Gasteiger partial charge in [0.25, 0.3) is 0 Å². The molecule has 2 aromatic heterocycles. The van der Waals surface area contributed by atoms with Crippen LogP contribution in [0.4, 0.5) is 0 Å². The molecule has 136 valence electrons. The van der Waals surface area contributed by atoms with Crippen molar-refractivity contribution in [1.29, 1.82) is 0 Å². The number of hydrogen-bond acceptors (Lipinski definition) is 2. The minimum Gasteiger partial charge on any atom is -0.344 e. The summed E-state index contributed by atoms with van der Waals surface area (Å²) in [5.41, 5.74) is 6.65. The van der Waals surface area contributed by atoms with Crippen LogP contribution in [0.15, 0.2) is 36.5 Å². The van der Waals surface area contributed by atoms with Crippen molar-refractivity contribution in [2.45, 2.75) is 45.7 Å². The zero-order valence-corrected chi connectivity index (χ0v) is 16.6. The molecule has 0 N–H and O–H groups in total. The van der Waals surface area contributed by atoms with Gasteiger partial charge in [-0.25, -0.2) is 0 Å². The normalized spacial score (nSPS) is 18.1. The first-order valence-corrected chi connectivity index (χ1v) is 9.82. The fraction of sp³-hybridized carbons (Fsp3) is 0.409. The summed E-state index contributed by atoms with van der Waals surface area (Å²) in [7, 11) is 2.23. The van der Waals surface area contributed by atoms with E-state index in [0.29, 0.717) is 6.04 Å². The van der Waals surface area contributed by atoms with E-state index < -0.39 is 0 Å². The molecule has 0 bridgehead atoms. The second-order valence-corrected chi connectivity index (χ2v) is 8.02. The van der Waals surface area contributed by atoms with Crippen molar-refractivity contribution in [3.05, 3.63) is 64.1 Å². The monoisotopic (exact) mass is 367 g/mol. The van der Waals surface area contributed by atoms with Crippen molar-refractivity contribution in [2.24, 2.45) is 0 Å². The summed E-state index contributed by atoms with van der Waals surface area (Å²) in [4.78, 5) is 6.90. The minimum absolute atomic E-state index is 0.551.